The highest BCUT2D eigenvalue weighted by molar-refractivity contribution is 5.89. The first kappa shape index (κ1) is 11.6. The Balaban J connectivity index is 1.72. The van der Waals surface area contributed by atoms with Crippen LogP contribution in [-0.4, -0.2) is 24.9 Å². The van der Waals surface area contributed by atoms with Crippen molar-refractivity contribution < 1.29 is 9.59 Å². The standard InChI is InChI=1S/C13H16N2O2/c16-12-8-11(9-15-12)13(17)14-7-6-10-4-2-1-3-5-10/h1-5,11H,6-9H2,(H,14,17)(H,15,16). The van der Waals surface area contributed by atoms with Crippen molar-refractivity contribution >= 4 is 11.8 Å². The third-order valence-corrected chi connectivity index (χ3v) is 2.90. The lowest BCUT2D eigenvalue weighted by molar-refractivity contribution is -0.126. The van der Waals surface area contributed by atoms with Crippen molar-refractivity contribution in [1.29, 1.82) is 0 Å². The molecule has 0 saturated carbocycles. The number of carbonyl (C=O) groups is 2. The van der Waals surface area contributed by atoms with Crippen LogP contribution in [0.3, 0.4) is 0 Å². The largest absolute Gasteiger partial charge is 0.355 e. The monoisotopic (exact) mass is 232 g/mol. The van der Waals surface area contributed by atoms with Gasteiger partial charge in [-0.3, -0.25) is 9.59 Å². The molecule has 2 rings (SSSR count). The lowest BCUT2D eigenvalue weighted by Gasteiger charge is -2.08. The number of carbonyl (C=O) groups excluding carboxylic acids is 2. The molecule has 2 N–H and O–H groups in total. The summed E-state index contributed by atoms with van der Waals surface area (Å²) < 4.78 is 0. The average Bonchev–Trinajstić information content (AvgIpc) is 2.77. The second-order valence-corrected chi connectivity index (χ2v) is 4.23. The lowest BCUT2D eigenvalue weighted by atomic mass is 10.1. The molecular weight excluding hydrogens is 216 g/mol. The molecule has 1 aromatic carbocycles. The van der Waals surface area contributed by atoms with Gasteiger partial charge in [0.05, 0.1) is 5.92 Å². The second-order valence-electron chi connectivity index (χ2n) is 4.23. The molecule has 4 heteroatoms. The number of benzene rings is 1. The van der Waals surface area contributed by atoms with Crippen LogP contribution in [0.4, 0.5) is 0 Å². The molecule has 17 heavy (non-hydrogen) atoms. The highest BCUT2D eigenvalue weighted by Gasteiger charge is 2.27. The minimum absolute atomic E-state index is 0.0284. The summed E-state index contributed by atoms with van der Waals surface area (Å²) in [5.41, 5.74) is 1.20. The van der Waals surface area contributed by atoms with Crippen LogP contribution in [0.1, 0.15) is 12.0 Å². The fraction of sp³-hybridized carbons (Fsp3) is 0.385. The van der Waals surface area contributed by atoms with Gasteiger partial charge in [0.25, 0.3) is 0 Å². The van der Waals surface area contributed by atoms with E-state index in [0.29, 0.717) is 19.5 Å². The lowest BCUT2D eigenvalue weighted by Crippen LogP contribution is -2.33. The molecule has 0 aromatic heterocycles. The van der Waals surface area contributed by atoms with Crippen molar-refractivity contribution in [3.8, 4) is 0 Å². The average molecular weight is 232 g/mol. The van der Waals surface area contributed by atoms with Gasteiger partial charge in [-0.25, -0.2) is 0 Å². The number of hydrogen-bond acceptors (Lipinski definition) is 2. The molecule has 1 aliphatic heterocycles. The first-order valence-electron chi connectivity index (χ1n) is 5.84. The van der Waals surface area contributed by atoms with E-state index in [1.807, 2.05) is 30.3 Å². The summed E-state index contributed by atoms with van der Waals surface area (Å²) in [4.78, 5) is 22.6. The molecule has 1 aromatic rings. The molecule has 2 amide bonds. The summed E-state index contributed by atoms with van der Waals surface area (Å²) >= 11 is 0. The molecular formula is C13H16N2O2. The Kier molecular flexibility index (Phi) is 3.75. The minimum Gasteiger partial charge on any atom is -0.355 e. The van der Waals surface area contributed by atoms with Crippen molar-refractivity contribution in [2.24, 2.45) is 5.92 Å². The number of rotatable bonds is 4. The van der Waals surface area contributed by atoms with E-state index in [-0.39, 0.29) is 17.7 Å². The summed E-state index contributed by atoms with van der Waals surface area (Å²) in [5, 5.41) is 5.52. The molecule has 1 fully saturated rings. The maximum absolute atomic E-state index is 11.7. The third-order valence-electron chi connectivity index (χ3n) is 2.90. The number of amides is 2. The predicted molar refractivity (Wildman–Crippen MR) is 64.3 cm³/mol. The highest BCUT2D eigenvalue weighted by atomic mass is 16.2. The topological polar surface area (TPSA) is 58.2 Å². The maximum atomic E-state index is 11.7. The number of hydrogen-bond donors (Lipinski definition) is 2. The van der Waals surface area contributed by atoms with Gasteiger partial charge < -0.3 is 10.6 Å². The van der Waals surface area contributed by atoms with Crippen molar-refractivity contribution in [3.63, 3.8) is 0 Å². The van der Waals surface area contributed by atoms with Gasteiger partial charge >= 0.3 is 0 Å². The smallest absolute Gasteiger partial charge is 0.225 e. The molecule has 1 heterocycles. The molecule has 1 atom stereocenters. The molecule has 4 nitrogen and oxygen atoms in total. The molecule has 0 aliphatic carbocycles. The van der Waals surface area contributed by atoms with Crippen LogP contribution in [0.15, 0.2) is 30.3 Å². The van der Waals surface area contributed by atoms with Gasteiger partial charge in [0.15, 0.2) is 0 Å². The predicted octanol–water partition coefficient (Wildman–Crippen LogP) is 0.481. The summed E-state index contributed by atoms with van der Waals surface area (Å²) in [6.07, 6.45) is 1.14. The zero-order chi connectivity index (χ0) is 12.1. The summed E-state index contributed by atoms with van der Waals surface area (Å²) in [7, 11) is 0. The molecule has 0 radical (unpaired) electrons. The number of nitrogens with one attached hydrogen (secondary N) is 2. The van der Waals surface area contributed by atoms with Gasteiger partial charge in [-0.1, -0.05) is 30.3 Å². The van der Waals surface area contributed by atoms with Crippen LogP contribution >= 0.6 is 0 Å². The van der Waals surface area contributed by atoms with E-state index < -0.39 is 0 Å². The highest BCUT2D eigenvalue weighted by Crippen LogP contribution is 2.08. The van der Waals surface area contributed by atoms with E-state index in [9.17, 15) is 9.59 Å². The zero-order valence-electron chi connectivity index (χ0n) is 9.61. The summed E-state index contributed by atoms with van der Waals surface area (Å²) in [6, 6.07) is 10.0. The Bertz CT molecular complexity index is 403. The normalized spacial score (nSPS) is 18.8. The van der Waals surface area contributed by atoms with Crippen LogP contribution in [0.2, 0.25) is 0 Å². The van der Waals surface area contributed by atoms with Gasteiger partial charge in [0.2, 0.25) is 11.8 Å². The van der Waals surface area contributed by atoms with Crippen LogP contribution in [-0.2, 0) is 16.0 Å². The van der Waals surface area contributed by atoms with E-state index in [2.05, 4.69) is 10.6 Å². The van der Waals surface area contributed by atoms with Gasteiger partial charge in [0.1, 0.15) is 0 Å². The zero-order valence-corrected chi connectivity index (χ0v) is 9.61. The third kappa shape index (κ3) is 3.31. The van der Waals surface area contributed by atoms with Crippen molar-refractivity contribution in [1.82, 2.24) is 10.6 Å². The summed E-state index contributed by atoms with van der Waals surface area (Å²) in [5.74, 6) is -0.259. The molecule has 0 spiro atoms. The fourth-order valence-corrected chi connectivity index (χ4v) is 1.91. The van der Waals surface area contributed by atoms with Crippen LogP contribution in [0, 0.1) is 5.92 Å². The van der Waals surface area contributed by atoms with Gasteiger partial charge in [-0.2, -0.15) is 0 Å². The van der Waals surface area contributed by atoms with Crippen LogP contribution < -0.4 is 10.6 Å². The molecule has 1 unspecified atom stereocenters. The van der Waals surface area contributed by atoms with Crippen LogP contribution in [0.5, 0.6) is 0 Å². The molecule has 1 saturated heterocycles. The van der Waals surface area contributed by atoms with Gasteiger partial charge in [0, 0.05) is 19.5 Å². The Morgan fingerprint density at radius 2 is 2.12 bits per heavy atom. The van der Waals surface area contributed by atoms with E-state index in [1.165, 1.54) is 5.56 Å². The van der Waals surface area contributed by atoms with E-state index in [0.717, 1.165) is 6.42 Å². The van der Waals surface area contributed by atoms with Gasteiger partial charge in [-0.15, -0.1) is 0 Å². The Morgan fingerprint density at radius 1 is 1.35 bits per heavy atom. The van der Waals surface area contributed by atoms with Crippen molar-refractivity contribution in [2.75, 3.05) is 13.1 Å². The molecule has 0 bridgehead atoms. The quantitative estimate of drug-likeness (QED) is 0.793. The maximum Gasteiger partial charge on any atom is 0.225 e. The van der Waals surface area contributed by atoms with E-state index in [4.69, 9.17) is 0 Å². The minimum atomic E-state index is -0.196. The van der Waals surface area contributed by atoms with Crippen molar-refractivity contribution in [2.45, 2.75) is 12.8 Å². The Labute approximate surface area is 100 Å². The second kappa shape index (κ2) is 5.48. The van der Waals surface area contributed by atoms with Crippen molar-refractivity contribution in [3.05, 3.63) is 35.9 Å². The SMILES string of the molecule is O=C1CC(C(=O)NCCc2ccccc2)CN1. The van der Waals surface area contributed by atoms with E-state index in [1.54, 1.807) is 0 Å². The molecule has 90 valence electrons. The Hall–Kier alpha value is -1.84. The first-order valence-corrected chi connectivity index (χ1v) is 5.84. The molecule has 1 aliphatic rings. The van der Waals surface area contributed by atoms with Crippen LogP contribution in [0.25, 0.3) is 0 Å². The fourth-order valence-electron chi connectivity index (χ4n) is 1.91. The van der Waals surface area contributed by atoms with Gasteiger partial charge in [-0.05, 0) is 12.0 Å². The summed E-state index contributed by atoms with van der Waals surface area (Å²) in [6.45, 7) is 1.09. The van der Waals surface area contributed by atoms with E-state index >= 15 is 0 Å². The first-order chi connectivity index (χ1) is 8.25. The Morgan fingerprint density at radius 3 is 2.76 bits per heavy atom.